The molecule has 146 valence electrons. The van der Waals surface area contributed by atoms with E-state index in [4.69, 9.17) is 26.3 Å². The van der Waals surface area contributed by atoms with Gasteiger partial charge in [0.1, 0.15) is 17.9 Å². The van der Waals surface area contributed by atoms with Crippen molar-refractivity contribution >= 4 is 23.3 Å². The summed E-state index contributed by atoms with van der Waals surface area (Å²) in [6, 6.07) is 10.2. The van der Waals surface area contributed by atoms with Gasteiger partial charge in [-0.15, -0.1) is 0 Å². The number of nitrogens with one attached hydrogen (secondary N) is 2. The van der Waals surface area contributed by atoms with E-state index in [0.717, 1.165) is 25.7 Å². The maximum Gasteiger partial charge on any atom is 0.319 e. The average molecular weight is 401 g/mol. The van der Waals surface area contributed by atoms with E-state index in [-0.39, 0.29) is 18.2 Å². The van der Waals surface area contributed by atoms with Crippen LogP contribution in [0.2, 0.25) is 5.02 Å². The number of anilines is 1. The maximum absolute atomic E-state index is 12.3. The molecule has 1 saturated carbocycles. The predicted molar refractivity (Wildman–Crippen MR) is 106 cm³/mol. The summed E-state index contributed by atoms with van der Waals surface area (Å²) < 4.78 is 11.1. The number of methoxy groups -OCH3 is 1. The summed E-state index contributed by atoms with van der Waals surface area (Å²) >= 11 is 5.99. The first-order valence-electron chi connectivity index (χ1n) is 9.01. The van der Waals surface area contributed by atoms with E-state index < -0.39 is 0 Å². The Kier molecular flexibility index (Phi) is 6.56. The number of benzene rings is 1. The second kappa shape index (κ2) is 9.29. The topological polar surface area (TPSA) is 96.3 Å². The van der Waals surface area contributed by atoms with Crippen molar-refractivity contribution in [3.63, 3.8) is 0 Å². The van der Waals surface area contributed by atoms with E-state index in [0.29, 0.717) is 27.9 Å². The molecular weight excluding hydrogens is 380 g/mol. The molecule has 0 bridgehead atoms. The zero-order chi connectivity index (χ0) is 19.9. The molecule has 1 aromatic carbocycles. The van der Waals surface area contributed by atoms with Crippen molar-refractivity contribution in [1.29, 1.82) is 5.26 Å². The van der Waals surface area contributed by atoms with Gasteiger partial charge in [-0.05, 0) is 49.9 Å². The Labute approximate surface area is 168 Å². The number of carbonyl (C=O) groups excluding carboxylic acids is 1. The first kappa shape index (κ1) is 19.8. The number of ether oxygens (including phenoxy) is 2. The molecule has 0 aliphatic heterocycles. The van der Waals surface area contributed by atoms with Gasteiger partial charge in [0, 0.05) is 23.3 Å². The summed E-state index contributed by atoms with van der Waals surface area (Å²) in [5, 5.41) is 15.1. The summed E-state index contributed by atoms with van der Waals surface area (Å²) in [4.78, 5) is 16.4. The van der Waals surface area contributed by atoms with Crippen molar-refractivity contribution in [1.82, 2.24) is 10.3 Å². The highest BCUT2D eigenvalue weighted by Gasteiger charge is 2.24. The standard InChI is InChI=1S/C20H21ClN4O3/c1-27-18-8-3-14(21)10-17(18)25-20(26)24-15-4-6-16(7-5-15)28-19-9-2-13(11-22)12-23-19/h2-3,8-10,12,15-16H,4-7H2,1H3,(H2,24,25,26). The Hall–Kier alpha value is -2.98. The number of urea groups is 1. The van der Waals surface area contributed by atoms with E-state index in [1.807, 2.05) is 6.07 Å². The molecule has 2 aromatic rings. The number of carbonyl (C=O) groups is 1. The lowest BCUT2D eigenvalue weighted by Gasteiger charge is -2.29. The third-order valence-corrected chi connectivity index (χ3v) is 4.81. The minimum atomic E-state index is -0.293. The number of halogens is 1. The van der Waals surface area contributed by atoms with Crippen molar-refractivity contribution in [2.75, 3.05) is 12.4 Å². The Morgan fingerprint density at radius 2 is 2.04 bits per heavy atom. The van der Waals surface area contributed by atoms with Gasteiger partial charge in [-0.3, -0.25) is 0 Å². The van der Waals surface area contributed by atoms with E-state index >= 15 is 0 Å². The van der Waals surface area contributed by atoms with Crippen LogP contribution in [-0.4, -0.2) is 30.3 Å². The van der Waals surface area contributed by atoms with Crippen molar-refractivity contribution in [3.8, 4) is 17.7 Å². The van der Waals surface area contributed by atoms with Crippen LogP contribution in [0.1, 0.15) is 31.2 Å². The summed E-state index contributed by atoms with van der Waals surface area (Å²) in [5.41, 5.74) is 1.03. The van der Waals surface area contributed by atoms with Gasteiger partial charge in [-0.2, -0.15) is 5.26 Å². The Bertz CT molecular complexity index is 859. The average Bonchev–Trinajstić information content (AvgIpc) is 2.70. The molecule has 1 heterocycles. The number of rotatable bonds is 5. The third kappa shape index (κ3) is 5.27. The Balaban J connectivity index is 1.46. The van der Waals surface area contributed by atoms with Crippen LogP contribution < -0.4 is 20.1 Å². The fourth-order valence-electron chi connectivity index (χ4n) is 3.13. The van der Waals surface area contributed by atoms with Crippen LogP contribution >= 0.6 is 11.6 Å². The van der Waals surface area contributed by atoms with Crippen LogP contribution in [-0.2, 0) is 0 Å². The quantitative estimate of drug-likeness (QED) is 0.786. The van der Waals surface area contributed by atoms with E-state index in [2.05, 4.69) is 15.6 Å². The molecule has 0 spiro atoms. The summed E-state index contributed by atoms with van der Waals surface area (Å²) in [6.07, 6.45) is 4.79. The molecule has 8 heteroatoms. The van der Waals surface area contributed by atoms with Crippen LogP contribution in [0.15, 0.2) is 36.5 Å². The zero-order valence-corrected chi connectivity index (χ0v) is 16.2. The third-order valence-electron chi connectivity index (χ3n) is 4.57. The fourth-order valence-corrected chi connectivity index (χ4v) is 3.31. The van der Waals surface area contributed by atoms with Gasteiger partial charge < -0.3 is 20.1 Å². The van der Waals surface area contributed by atoms with Crippen LogP contribution in [0, 0.1) is 11.3 Å². The monoisotopic (exact) mass is 400 g/mol. The SMILES string of the molecule is COc1ccc(Cl)cc1NC(=O)NC1CCC(Oc2ccc(C#N)cn2)CC1. The molecule has 1 aliphatic carbocycles. The van der Waals surface area contributed by atoms with Crippen molar-refractivity contribution in [2.24, 2.45) is 0 Å². The van der Waals surface area contributed by atoms with Gasteiger partial charge in [-0.1, -0.05) is 11.6 Å². The van der Waals surface area contributed by atoms with Crippen LogP contribution in [0.25, 0.3) is 0 Å². The highest BCUT2D eigenvalue weighted by Crippen LogP contribution is 2.28. The first-order chi connectivity index (χ1) is 13.6. The van der Waals surface area contributed by atoms with Gasteiger partial charge in [-0.25, -0.2) is 9.78 Å². The van der Waals surface area contributed by atoms with Crippen molar-refractivity contribution < 1.29 is 14.3 Å². The lowest BCUT2D eigenvalue weighted by Crippen LogP contribution is -2.41. The fraction of sp³-hybridized carbons (Fsp3) is 0.350. The number of amides is 2. The van der Waals surface area contributed by atoms with Gasteiger partial charge in [0.05, 0.1) is 18.4 Å². The van der Waals surface area contributed by atoms with Crippen LogP contribution in [0.4, 0.5) is 10.5 Å². The highest BCUT2D eigenvalue weighted by atomic mass is 35.5. The largest absolute Gasteiger partial charge is 0.495 e. The first-order valence-corrected chi connectivity index (χ1v) is 9.39. The Morgan fingerprint density at radius 3 is 2.68 bits per heavy atom. The number of hydrogen-bond acceptors (Lipinski definition) is 5. The zero-order valence-electron chi connectivity index (χ0n) is 15.4. The second-order valence-corrected chi connectivity index (χ2v) is 6.97. The smallest absolute Gasteiger partial charge is 0.319 e. The lowest BCUT2D eigenvalue weighted by atomic mass is 9.93. The number of nitriles is 1. The van der Waals surface area contributed by atoms with E-state index in [9.17, 15) is 4.79 Å². The minimum absolute atomic E-state index is 0.0505. The molecule has 2 amide bonds. The van der Waals surface area contributed by atoms with E-state index in [1.165, 1.54) is 13.3 Å². The molecule has 1 fully saturated rings. The molecule has 1 aromatic heterocycles. The second-order valence-electron chi connectivity index (χ2n) is 6.53. The number of aromatic nitrogens is 1. The minimum Gasteiger partial charge on any atom is -0.495 e. The predicted octanol–water partition coefficient (Wildman–Crippen LogP) is 4.13. The molecule has 1 aliphatic rings. The van der Waals surface area contributed by atoms with Crippen LogP contribution in [0.3, 0.4) is 0 Å². The molecule has 3 rings (SSSR count). The summed E-state index contributed by atoms with van der Waals surface area (Å²) in [7, 11) is 1.54. The number of pyridine rings is 1. The van der Waals surface area contributed by atoms with Crippen LogP contribution in [0.5, 0.6) is 11.6 Å². The summed E-state index contributed by atoms with van der Waals surface area (Å²) in [5.74, 6) is 1.06. The van der Waals surface area contributed by atoms with Crippen molar-refractivity contribution in [2.45, 2.75) is 37.8 Å². The normalized spacial score (nSPS) is 18.6. The van der Waals surface area contributed by atoms with Crippen molar-refractivity contribution in [3.05, 3.63) is 47.1 Å². The summed E-state index contributed by atoms with van der Waals surface area (Å²) in [6.45, 7) is 0. The van der Waals surface area contributed by atoms with E-state index in [1.54, 1.807) is 30.3 Å². The molecule has 0 radical (unpaired) electrons. The number of nitrogens with zero attached hydrogens (tertiary/aromatic N) is 2. The molecule has 2 N–H and O–H groups in total. The molecule has 0 saturated heterocycles. The number of hydrogen-bond donors (Lipinski definition) is 2. The molecular formula is C20H21ClN4O3. The molecule has 0 atom stereocenters. The van der Waals surface area contributed by atoms with Gasteiger partial charge in [0.2, 0.25) is 5.88 Å². The molecule has 0 unspecified atom stereocenters. The van der Waals surface area contributed by atoms with Gasteiger partial charge >= 0.3 is 6.03 Å². The lowest BCUT2D eigenvalue weighted by molar-refractivity contribution is 0.135. The van der Waals surface area contributed by atoms with Gasteiger partial charge in [0.25, 0.3) is 0 Å². The van der Waals surface area contributed by atoms with Gasteiger partial charge in [0.15, 0.2) is 0 Å². The Morgan fingerprint density at radius 1 is 1.25 bits per heavy atom. The maximum atomic E-state index is 12.3. The molecule has 7 nitrogen and oxygen atoms in total. The molecule has 28 heavy (non-hydrogen) atoms. The highest BCUT2D eigenvalue weighted by molar-refractivity contribution is 6.31.